The Morgan fingerprint density at radius 1 is 1.88 bits per heavy atom. The lowest BCUT2D eigenvalue weighted by Gasteiger charge is -1.94. The Balaban J connectivity index is 3.23. The van der Waals surface area contributed by atoms with E-state index in [1.807, 2.05) is 0 Å². The predicted octanol–water partition coefficient (Wildman–Crippen LogP) is 0.919. The highest BCUT2D eigenvalue weighted by atomic mass is 16.5. The SMILES string of the molecule is [C-]#[N+]CC(=N)OCC. The van der Waals surface area contributed by atoms with Crippen molar-refractivity contribution in [3.63, 3.8) is 0 Å². The number of nitrogens with one attached hydrogen (secondary N) is 1. The van der Waals surface area contributed by atoms with Crippen LogP contribution in [0.3, 0.4) is 0 Å². The minimum atomic E-state index is 0.0579. The summed E-state index contributed by atoms with van der Waals surface area (Å²) in [6.45, 7) is 8.65. The molecule has 1 N–H and O–H groups in total. The monoisotopic (exact) mass is 112 g/mol. The van der Waals surface area contributed by atoms with E-state index in [4.69, 9.17) is 12.0 Å². The minimum Gasteiger partial charge on any atom is -0.476 e. The minimum absolute atomic E-state index is 0.0579. The number of hydrogen-bond donors (Lipinski definition) is 1. The maximum absolute atomic E-state index is 6.85. The van der Waals surface area contributed by atoms with E-state index in [9.17, 15) is 0 Å². The van der Waals surface area contributed by atoms with E-state index >= 15 is 0 Å². The van der Waals surface area contributed by atoms with Crippen LogP contribution < -0.4 is 0 Å². The quantitative estimate of drug-likeness (QED) is 0.322. The summed E-state index contributed by atoms with van der Waals surface area (Å²) in [7, 11) is 0. The molecule has 3 heteroatoms. The van der Waals surface area contributed by atoms with Gasteiger partial charge in [0, 0.05) is 0 Å². The summed E-state index contributed by atoms with van der Waals surface area (Å²) in [4.78, 5) is 2.95. The maximum Gasteiger partial charge on any atom is 0.288 e. The summed E-state index contributed by atoms with van der Waals surface area (Å²) in [6.07, 6.45) is 0. The Morgan fingerprint density at radius 3 is 2.88 bits per heavy atom. The zero-order valence-electron chi connectivity index (χ0n) is 4.77. The number of hydrogen-bond acceptors (Lipinski definition) is 2. The molecule has 0 aliphatic heterocycles. The van der Waals surface area contributed by atoms with Crippen LogP contribution in [-0.4, -0.2) is 19.0 Å². The molecule has 0 aliphatic rings. The van der Waals surface area contributed by atoms with Gasteiger partial charge in [0.1, 0.15) is 0 Å². The first kappa shape index (κ1) is 6.96. The van der Waals surface area contributed by atoms with Crippen molar-refractivity contribution < 1.29 is 4.74 Å². The molecule has 0 bridgehead atoms. The summed E-state index contributed by atoms with van der Waals surface area (Å²) in [5, 5.41) is 6.85. The van der Waals surface area contributed by atoms with Crippen LogP contribution in [0.15, 0.2) is 0 Å². The molecule has 0 aromatic heterocycles. The van der Waals surface area contributed by atoms with Crippen molar-refractivity contribution in [2.75, 3.05) is 13.2 Å². The summed E-state index contributed by atoms with van der Waals surface area (Å²) in [6, 6.07) is 0. The Hall–Kier alpha value is -1.04. The second kappa shape index (κ2) is 4.13. The lowest BCUT2D eigenvalue weighted by atomic mass is 10.6. The van der Waals surface area contributed by atoms with E-state index in [2.05, 4.69) is 9.58 Å². The molecule has 0 amide bonds. The third-order valence-electron chi connectivity index (χ3n) is 0.541. The van der Waals surface area contributed by atoms with Gasteiger partial charge >= 0.3 is 0 Å². The van der Waals surface area contributed by atoms with Gasteiger partial charge in [-0.2, -0.15) is 0 Å². The third-order valence-corrected chi connectivity index (χ3v) is 0.541. The largest absolute Gasteiger partial charge is 0.476 e. The van der Waals surface area contributed by atoms with Gasteiger partial charge in [0.15, 0.2) is 0 Å². The van der Waals surface area contributed by atoms with Gasteiger partial charge in [-0.05, 0) is 6.92 Å². The van der Waals surface area contributed by atoms with Gasteiger partial charge in [-0.3, -0.25) is 5.41 Å². The molecule has 0 rings (SSSR count). The molecule has 0 aliphatic carbocycles. The van der Waals surface area contributed by atoms with Crippen LogP contribution in [0, 0.1) is 12.0 Å². The van der Waals surface area contributed by atoms with E-state index in [1.54, 1.807) is 6.92 Å². The molecular formula is C5H8N2O. The topological polar surface area (TPSA) is 37.4 Å². The molecule has 0 fully saturated rings. The summed E-state index contributed by atoms with van der Waals surface area (Å²) in [5.74, 6) is 0.0579. The molecule has 3 nitrogen and oxygen atoms in total. The van der Waals surface area contributed by atoms with Gasteiger partial charge < -0.3 is 9.58 Å². The lowest BCUT2D eigenvalue weighted by molar-refractivity contribution is 0.320. The van der Waals surface area contributed by atoms with Crippen molar-refractivity contribution in [1.82, 2.24) is 0 Å². The van der Waals surface area contributed by atoms with E-state index in [1.165, 1.54) is 0 Å². The highest BCUT2D eigenvalue weighted by Gasteiger charge is 1.94. The highest BCUT2D eigenvalue weighted by Crippen LogP contribution is 1.77. The number of ether oxygens (including phenoxy) is 1. The van der Waals surface area contributed by atoms with Crippen molar-refractivity contribution in [3.8, 4) is 0 Å². The molecule has 0 aromatic carbocycles. The summed E-state index contributed by atoms with van der Waals surface area (Å²) >= 11 is 0. The maximum atomic E-state index is 6.85. The average molecular weight is 112 g/mol. The van der Waals surface area contributed by atoms with E-state index in [0.717, 1.165) is 0 Å². The van der Waals surface area contributed by atoms with Crippen LogP contribution in [0.25, 0.3) is 4.85 Å². The van der Waals surface area contributed by atoms with E-state index in [-0.39, 0.29) is 12.4 Å². The first-order chi connectivity index (χ1) is 3.81. The molecule has 0 atom stereocenters. The van der Waals surface area contributed by atoms with Crippen molar-refractivity contribution >= 4 is 5.90 Å². The summed E-state index contributed by atoms with van der Waals surface area (Å²) < 4.78 is 4.65. The third kappa shape index (κ3) is 3.16. The fourth-order valence-electron chi connectivity index (χ4n) is 0.292. The van der Waals surface area contributed by atoms with Crippen LogP contribution in [0.4, 0.5) is 0 Å². The first-order valence-electron chi connectivity index (χ1n) is 2.34. The lowest BCUT2D eigenvalue weighted by Crippen LogP contribution is -2.04. The van der Waals surface area contributed by atoms with E-state index < -0.39 is 0 Å². The van der Waals surface area contributed by atoms with E-state index in [0.29, 0.717) is 6.61 Å². The average Bonchev–Trinajstić information content (AvgIpc) is 1.68. The zero-order valence-corrected chi connectivity index (χ0v) is 4.77. The Labute approximate surface area is 48.6 Å². The van der Waals surface area contributed by atoms with Crippen molar-refractivity contribution in [1.29, 1.82) is 5.41 Å². The second-order valence-corrected chi connectivity index (χ2v) is 1.17. The van der Waals surface area contributed by atoms with Crippen molar-refractivity contribution in [3.05, 3.63) is 11.4 Å². The first-order valence-corrected chi connectivity index (χ1v) is 2.34. The molecule has 8 heavy (non-hydrogen) atoms. The smallest absolute Gasteiger partial charge is 0.288 e. The van der Waals surface area contributed by atoms with Gasteiger partial charge in [0.05, 0.1) is 6.61 Å². The Bertz CT molecular complexity index is 114. The van der Waals surface area contributed by atoms with Gasteiger partial charge in [0.25, 0.3) is 12.4 Å². The fraction of sp³-hybridized carbons (Fsp3) is 0.600. The van der Waals surface area contributed by atoms with Crippen LogP contribution in [0.1, 0.15) is 6.92 Å². The molecule has 0 unspecified atom stereocenters. The summed E-state index contributed by atoms with van der Waals surface area (Å²) in [5.41, 5.74) is 0. The molecule has 44 valence electrons. The van der Waals surface area contributed by atoms with Crippen LogP contribution in [0.2, 0.25) is 0 Å². The molecule has 0 heterocycles. The number of nitrogens with zero attached hydrogens (tertiary/aromatic N) is 1. The van der Waals surface area contributed by atoms with Gasteiger partial charge in [-0.1, -0.05) is 0 Å². The van der Waals surface area contributed by atoms with Crippen LogP contribution in [0.5, 0.6) is 0 Å². The molecule has 0 saturated carbocycles. The van der Waals surface area contributed by atoms with Gasteiger partial charge in [-0.15, -0.1) is 0 Å². The Morgan fingerprint density at radius 2 is 2.50 bits per heavy atom. The number of rotatable bonds is 2. The molecular weight excluding hydrogens is 104 g/mol. The standard InChI is InChI=1S/C5H8N2O/c1-3-8-5(6)4-7-2/h6H,3-4H2,1H3. The van der Waals surface area contributed by atoms with Crippen LogP contribution in [-0.2, 0) is 4.74 Å². The van der Waals surface area contributed by atoms with Crippen LogP contribution >= 0.6 is 0 Å². The molecule has 0 saturated heterocycles. The van der Waals surface area contributed by atoms with Gasteiger partial charge in [0.2, 0.25) is 0 Å². The Kier molecular flexibility index (Phi) is 3.59. The molecule has 0 spiro atoms. The normalized spacial score (nSPS) is 7.50. The molecule has 0 radical (unpaired) electrons. The van der Waals surface area contributed by atoms with Gasteiger partial charge in [-0.25, -0.2) is 6.57 Å². The predicted molar refractivity (Wildman–Crippen MR) is 30.8 cm³/mol. The molecule has 0 aromatic rings. The van der Waals surface area contributed by atoms with Crippen molar-refractivity contribution in [2.24, 2.45) is 0 Å². The van der Waals surface area contributed by atoms with Crippen molar-refractivity contribution in [2.45, 2.75) is 6.92 Å². The zero-order chi connectivity index (χ0) is 6.41. The highest BCUT2D eigenvalue weighted by molar-refractivity contribution is 5.76. The second-order valence-electron chi connectivity index (χ2n) is 1.17. The fourth-order valence-corrected chi connectivity index (χ4v) is 0.292.